The zero-order chi connectivity index (χ0) is 23.1. The van der Waals surface area contributed by atoms with Crippen molar-refractivity contribution in [3.63, 3.8) is 0 Å². The van der Waals surface area contributed by atoms with Gasteiger partial charge in [-0.3, -0.25) is 9.36 Å². The maximum absolute atomic E-state index is 13.3. The highest BCUT2D eigenvalue weighted by Gasteiger charge is 2.18. The summed E-state index contributed by atoms with van der Waals surface area (Å²) < 4.78 is 25.4. The van der Waals surface area contributed by atoms with Crippen molar-refractivity contribution in [1.29, 1.82) is 0 Å². The Hall–Kier alpha value is -2.89. The number of rotatable bonds is 10. The van der Waals surface area contributed by atoms with E-state index in [4.69, 9.17) is 21.1 Å². The summed E-state index contributed by atoms with van der Waals surface area (Å²) in [6.45, 7) is 4.19. The van der Waals surface area contributed by atoms with Crippen molar-refractivity contribution < 1.29 is 23.5 Å². The number of carbonyl (C=O) groups excluding carboxylic acids is 2. The molecule has 1 amide bonds. The molecule has 3 rings (SSSR count). The molecule has 0 aliphatic rings. The number of ether oxygens (including phenoxy) is 2. The predicted octanol–water partition coefficient (Wildman–Crippen LogP) is 4.41. The van der Waals surface area contributed by atoms with E-state index in [0.717, 1.165) is 0 Å². The van der Waals surface area contributed by atoms with Gasteiger partial charge in [-0.05, 0) is 23.6 Å². The van der Waals surface area contributed by atoms with Gasteiger partial charge in [-0.25, -0.2) is 9.18 Å². The number of hydrogen-bond donors (Lipinski definition) is 1. The largest absolute Gasteiger partial charge is 0.486 e. The average Bonchev–Trinajstić information content (AvgIpc) is 3.40. The molecule has 1 N–H and O–H groups in total. The number of halogens is 2. The van der Waals surface area contributed by atoms with Crippen molar-refractivity contribution in [1.82, 2.24) is 14.8 Å². The molecular weight excluding hydrogens is 479 g/mol. The molecule has 168 valence electrons. The van der Waals surface area contributed by atoms with Gasteiger partial charge in [0.25, 0.3) is 0 Å². The minimum Gasteiger partial charge on any atom is -0.486 e. The summed E-state index contributed by atoms with van der Waals surface area (Å²) in [6.07, 6.45) is 1.67. The van der Waals surface area contributed by atoms with E-state index in [1.165, 1.54) is 48.4 Å². The van der Waals surface area contributed by atoms with E-state index < -0.39 is 11.8 Å². The van der Waals surface area contributed by atoms with Gasteiger partial charge in [0.1, 0.15) is 23.2 Å². The maximum Gasteiger partial charge on any atom is 0.340 e. The summed E-state index contributed by atoms with van der Waals surface area (Å²) in [5, 5.41) is 13.5. The molecule has 0 spiro atoms. The van der Waals surface area contributed by atoms with Gasteiger partial charge in [0, 0.05) is 12.6 Å². The number of amides is 1. The summed E-state index contributed by atoms with van der Waals surface area (Å²) in [6, 6.07) is 5.63. The summed E-state index contributed by atoms with van der Waals surface area (Å²) in [5.41, 5.74) is 0.297. The molecule has 2 heterocycles. The number of methoxy groups -OCH3 is 1. The third-order valence-electron chi connectivity index (χ3n) is 4.02. The molecule has 0 fully saturated rings. The molecule has 0 saturated heterocycles. The van der Waals surface area contributed by atoms with Gasteiger partial charge in [-0.2, -0.15) is 0 Å². The fraction of sp³-hybridized carbons (Fsp3) is 0.200. The van der Waals surface area contributed by atoms with Crippen LogP contribution in [0.5, 0.6) is 5.75 Å². The predicted molar refractivity (Wildman–Crippen MR) is 121 cm³/mol. The summed E-state index contributed by atoms with van der Waals surface area (Å²) in [7, 11) is 1.28. The van der Waals surface area contributed by atoms with Crippen molar-refractivity contribution >= 4 is 51.6 Å². The Morgan fingerprint density at radius 2 is 2.19 bits per heavy atom. The van der Waals surface area contributed by atoms with Crippen LogP contribution in [-0.4, -0.2) is 39.5 Å². The zero-order valence-electron chi connectivity index (χ0n) is 16.8. The van der Waals surface area contributed by atoms with Crippen molar-refractivity contribution in [2.75, 3.05) is 18.2 Å². The van der Waals surface area contributed by atoms with Crippen molar-refractivity contribution in [3.8, 4) is 5.75 Å². The first kappa shape index (κ1) is 23.8. The topological polar surface area (TPSA) is 95.3 Å². The second kappa shape index (κ2) is 11.1. The molecular formula is C20H18ClFN4O4S2. The molecule has 0 atom stereocenters. The van der Waals surface area contributed by atoms with Crippen molar-refractivity contribution in [2.24, 2.45) is 0 Å². The van der Waals surface area contributed by atoms with E-state index in [0.29, 0.717) is 33.8 Å². The molecule has 0 aliphatic heterocycles. The Kier molecular flexibility index (Phi) is 8.26. The fourth-order valence-corrected chi connectivity index (χ4v) is 4.26. The first-order valence-corrected chi connectivity index (χ1v) is 11.4. The molecule has 0 saturated carbocycles. The lowest BCUT2D eigenvalue weighted by Crippen LogP contribution is -2.16. The summed E-state index contributed by atoms with van der Waals surface area (Å²) >= 11 is 8.17. The van der Waals surface area contributed by atoms with Crippen molar-refractivity contribution in [2.45, 2.75) is 18.3 Å². The first-order chi connectivity index (χ1) is 15.4. The van der Waals surface area contributed by atoms with Crippen LogP contribution in [0, 0.1) is 5.82 Å². The lowest BCUT2D eigenvalue weighted by molar-refractivity contribution is -0.113. The third-order valence-corrected chi connectivity index (χ3v) is 6.11. The number of anilines is 1. The second-order valence-corrected chi connectivity index (χ2v) is 8.42. The number of thioether (sulfide) groups is 1. The number of aromatic nitrogens is 3. The molecule has 0 aliphatic carbocycles. The number of allylic oxidation sites excluding steroid dienone is 1. The van der Waals surface area contributed by atoms with Gasteiger partial charge in [0.2, 0.25) is 5.91 Å². The molecule has 3 aromatic rings. The summed E-state index contributed by atoms with van der Waals surface area (Å²) in [4.78, 5) is 24.1. The van der Waals surface area contributed by atoms with E-state index in [2.05, 4.69) is 22.1 Å². The Morgan fingerprint density at radius 1 is 1.38 bits per heavy atom. The lowest BCUT2D eigenvalue weighted by atomic mass is 10.3. The number of hydrogen-bond acceptors (Lipinski definition) is 8. The average molecular weight is 497 g/mol. The Balaban J connectivity index is 1.63. The van der Waals surface area contributed by atoms with Gasteiger partial charge in [0.15, 0.2) is 11.0 Å². The van der Waals surface area contributed by atoms with Gasteiger partial charge in [0.05, 0.1) is 23.4 Å². The number of carbonyl (C=O) groups is 2. The molecule has 0 unspecified atom stereocenters. The molecule has 32 heavy (non-hydrogen) atoms. The molecule has 8 nitrogen and oxygen atoms in total. The van der Waals surface area contributed by atoms with E-state index in [9.17, 15) is 14.0 Å². The van der Waals surface area contributed by atoms with Gasteiger partial charge in [-0.15, -0.1) is 28.1 Å². The van der Waals surface area contributed by atoms with Crippen LogP contribution in [0.4, 0.5) is 9.39 Å². The van der Waals surface area contributed by atoms with E-state index in [1.54, 1.807) is 22.1 Å². The fourth-order valence-electron chi connectivity index (χ4n) is 2.53. The van der Waals surface area contributed by atoms with Crippen LogP contribution in [0.15, 0.2) is 47.5 Å². The van der Waals surface area contributed by atoms with Crippen LogP contribution in [-0.2, 0) is 22.7 Å². The molecule has 0 bridgehead atoms. The maximum atomic E-state index is 13.3. The minimum absolute atomic E-state index is 0.0431. The monoisotopic (exact) mass is 496 g/mol. The van der Waals surface area contributed by atoms with E-state index >= 15 is 0 Å². The zero-order valence-corrected chi connectivity index (χ0v) is 19.2. The SMILES string of the molecule is C=CCn1c(COc2ccc(F)c(Cl)c2)nnc1SCC(=O)Nc1sccc1C(=O)OC. The van der Waals surface area contributed by atoms with Gasteiger partial charge < -0.3 is 14.8 Å². The first-order valence-electron chi connectivity index (χ1n) is 9.12. The lowest BCUT2D eigenvalue weighted by Gasteiger charge is -2.10. The van der Waals surface area contributed by atoms with E-state index in [1.807, 2.05) is 0 Å². The Bertz CT molecular complexity index is 1130. The highest BCUT2D eigenvalue weighted by molar-refractivity contribution is 7.99. The quantitative estimate of drug-likeness (QED) is 0.252. The number of nitrogens with zero attached hydrogens (tertiary/aromatic N) is 3. The van der Waals surface area contributed by atoms with Gasteiger partial charge >= 0.3 is 5.97 Å². The Labute approximate surface area is 196 Å². The molecule has 2 aromatic heterocycles. The number of esters is 1. The normalized spacial score (nSPS) is 10.6. The second-order valence-electron chi connectivity index (χ2n) is 6.15. The smallest absolute Gasteiger partial charge is 0.340 e. The Morgan fingerprint density at radius 3 is 2.91 bits per heavy atom. The molecule has 0 radical (unpaired) electrons. The van der Waals surface area contributed by atoms with E-state index in [-0.39, 0.29) is 23.3 Å². The van der Waals surface area contributed by atoms with Crippen LogP contribution in [0.1, 0.15) is 16.2 Å². The molecule has 12 heteroatoms. The highest BCUT2D eigenvalue weighted by Crippen LogP contribution is 2.25. The summed E-state index contributed by atoms with van der Waals surface area (Å²) in [5.74, 6) is -0.439. The standard InChI is InChI=1S/C20H18ClFN4O4S2/c1-3-7-26-16(10-30-12-4-5-15(22)14(21)9-12)24-25-20(26)32-11-17(27)23-18-13(6-8-31-18)19(28)29-2/h3-6,8-9H,1,7,10-11H2,2H3,(H,23,27). The van der Waals surface area contributed by atoms with Crippen LogP contribution in [0.25, 0.3) is 0 Å². The van der Waals surface area contributed by atoms with Crippen LogP contribution in [0.2, 0.25) is 5.02 Å². The molecule has 1 aromatic carbocycles. The number of thiophene rings is 1. The van der Waals surface area contributed by atoms with Crippen molar-refractivity contribution in [3.05, 3.63) is 64.5 Å². The van der Waals surface area contributed by atoms with Crippen LogP contribution < -0.4 is 10.1 Å². The number of benzene rings is 1. The van der Waals surface area contributed by atoms with Crippen LogP contribution in [0.3, 0.4) is 0 Å². The number of nitrogens with one attached hydrogen (secondary N) is 1. The highest BCUT2D eigenvalue weighted by atomic mass is 35.5. The van der Waals surface area contributed by atoms with Crippen LogP contribution >= 0.6 is 34.7 Å². The minimum atomic E-state index is -0.535. The third kappa shape index (κ3) is 5.87. The van der Waals surface area contributed by atoms with Gasteiger partial charge in [-0.1, -0.05) is 29.4 Å².